The molecule has 2 amide bonds. The predicted octanol–water partition coefficient (Wildman–Crippen LogP) is 4.99. The van der Waals surface area contributed by atoms with Gasteiger partial charge in [0.1, 0.15) is 6.26 Å². The maximum absolute atomic E-state index is 13.1. The van der Waals surface area contributed by atoms with E-state index in [0.29, 0.717) is 11.5 Å². The second-order valence-corrected chi connectivity index (χ2v) is 8.29. The number of oxazole rings is 1. The molecule has 30 heavy (non-hydrogen) atoms. The van der Waals surface area contributed by atoms with Crippen molar-refractivity contribution in [3.8, 4) is 0 Å². The lowest BCUT2D eigenvalue weighted by atomic mass is 10.0. The number of unbranched alkanes of at least 4 members (excludes halogenated alkanes) is 3. The van der Waals surface area contributed by atoms with Gasteiger partial charge in [0.2, 0.25) is 5.89 Å². The van der Waals surface area contributed by atoms with Crippen molar-refractivity contribution in [3.05, 3.63) is 53.2 Å². The number of amides is 2. The molecule has 0 bridgehead atoms. The molecule has 0 saturated carbocycles. The van der Waals surface area contributed by atoms with Crippen LogP contribution in [0.3, 0.4) is 0 Å². The van der Waals surface area contributed by atoms with Crippen LogP contribution < -0.4 is 5.32 Å². The molecule has 2 rings (SSSR count). The first-order chi connectivity index (χ1) is 14.3. The lowest BCUT2D eigenvalue weighted by molar-refractivity contribution is 0.0672. The minimum Gasteiger partial charge on any atom is -0.446 e. The Morgan fingerprint density at radius 1 is 1.07 bits per heavy atom. The molecule has 0 radical (unpaired) electrons. The highest BCUT2D eigenvalue weighted by Gasteiger charge is 2.22. The molecule has 1 aromatic carbocycles. The van der Waals surface area contributed by atoms with E-state index in [1.807, 2.05) is 52.0 Å². The Hall–Kier alpha value is -2.63. The highest BCUT2D eigenvalue weighted by Crippen LogP contribution is 2.16. The monoisotopic (exact) mass is 413 g/mol. The molecule has 0 atom stereocenters. The minimum atomic E-state index is -0.281. The van der Waals surface area contributed by atoms with Crippen LogP contribution in [0, 0.1) is 0 Å². The number of carbonyl (C=O) groups is 2. The second kappa shape index (κ2) is 11.5. The first kappa shape index (κ1) is 23.6. The molecule has 2 aromatic rings. The quantitative estimate of drug-likeness (QED) is 0.527. The van der Waals surface area contributed by atoms with Crippen molar-refractivity contribution in [3.63, 3.8) is 0 Å². The Balaban J connectivity index is 2.03. The molecular formula is C24H35N3O3. The van der Waals surface area contributed by atoms with Gasteiger partial charge < -0.3 is 14.6 Å². The largest absolute Gasteiger partial charge is 0.446 e. The van der Waals surface area contributed by atoms with Crippen LogP contribution in [0.25, 0.3) is 0 Å². The molecule has 0 aliphatic heterocycles. The summed E-state index contributed by atoms with van der Waals surface area (Å²) >= 11 is 0. The van der Waals surface area contributed by atoms with E-state index in [-0.39, 0.29) is 36.1 Å². The molecule has 1 heterocycles. The van der Waals surface area contributed by atoms with Gasteiger partial charge in [-0.1, -0.05) is 38.3 Å². The van der Waals surface area contributed by atoms with Crippen molar-refractivity contribution in [2.75, 3.05) is 0 Å². The zero-order chi connectivity index (χ0) is 22.1. The lowest BCUT2D eigenvalue weighted by Crippen LogP contribution is -2.36. The van der Waals surface area contributed by atoms with Crippen LogP contribution in [0.15, 0.2) is 34.9 Å². The zero-order valence-electron chi connectivity index (χ0n) is 18.9. The molecule has 0 unspecified atom stereocenters. The van der Waals surface area contributed by atoms with Gasteiger partial charge in [0.25, 0.3) is 11.8 Å². The van der Waals surface area contributed by atoms with Crippen molar-refractivity contribution >= 4 is 11.8 Å². The third-order valence-corrected chi connectivity index (χ3v) is 4.91. The summed E-state index contributed by atoms with van der Waals surface area (Å²) in [5.74, 6) is -0.00985. The fourth-order valence-electron chi connectivity index (χ4n) is 3.19. The van der Waals surface area contributed by atoms with Gasteiger partial charge in [-0.25, -0.2) is 4.98 Å². The fourth-order valence-corrected chi connectivity index (χ4v) is 3.19. The number of carbonyl (C=O) groups excluding carboxylic acids is 2. The van der Waals surface area contributed by atoms with Crippen LogP contribution in [0.2, 0.25) is 0 Å². The summed E-state index contributed by atoms with van der Waals surface area (Å²) in [6, 6.07) is 7.84. The second-order valence-electron chi connectivity index (χ2n) is 8.29. The van der Waals surface area contributed by atoms with Gasteiger partial charge in [-0.3, -0.25) is 9.59 Å². The van der Waals surface area contributed by atoms with Gasteiger partial charge in [0.05, 0.1) is 6.54 Å². The van der Waals surface area contributed by atoms with Gasteiger partial charge in [0.15, 0.2) is 5.69 Å². The van der Waals surface area contributed by atoms with Crippen LogP contribution >= 0.6 is 0 Å². The van der Waals surface area contributed by atoms with Gasteiger partial charge in [0, 0.05) is 17.6 Å². The third-order valence-electron chi connectivity index (χ3n) is 4.91. The van der Waals surface area contributed by atoms with Crippen LogP contribution in [0.1, 0.15) is 92.6 Å². The maximum Gasteiger partial charge on any atom is 0.273 e. The number of aromatic nitrogens is 1. The molecule has 6 nitrogen and oxygen atoms in total. The minimum absolute atomic E-state index is 0.0148. The van der Waals surface area contributed by atoms with E-state index < -0.39 is 0 Å². The molecule has 6 heteroatoms. The lowest BCUT2D eigenvalue weighted by Gasteiger charge is -2.25. The molecule has 1 aromatic heterocycles. The average Bonchev–Trinajstić information content (AvgIpc) is 3.18. The highest BCUT2D eigenvalue weighted by molar-refractivity contribution is 5.94. The Kier molecular flexibility index (Phi) is 9.09. The standard InChI is InChI=1S/C24H35N3O3/c1-6-7-8-9-10-19-11-13-20(14-12-19)24(29)27(18(4)5)15-22-26-21(16-30-22)23(28)25-17(2)3/h11-14,16-18H,6-10,15H2,1-5H3,(H,25,28). The van der Waals surface area contributed by atoms with Gasteiger partial charge in [-0.15, -0.1) is 0 Å². The SMILES string of the molecule is CCCCCCc1ccc(C(=O)N(Cc2nc(C(=O)NC(C)C)co2)C(C)C)cc1. The number of nitrogens with zero attached hydrogens (tertiary/aromatic N) is 2. The Bertz CT molecular complexity index is 809. The van der Waals surface area contributed by atoms with Gasteiger partial charge >= 0.3 is 0 Å². The van der Waals surface area contributed by atoms with E-state index in [9.17, 15) is 9.59 Å². The van der Waals surface area contributed by atoms with Crippen molar-refractivity contribution in [1.29, 1.82) is 0 Å². The fraction of sp³-hybridized carbons (Fsp3) is 0.542. The first-order valence-electron chi connectivity index (χ1n) is 11.0. The third kappa shape index (κ3) is 7.01. The number of hydrogen-bond donors (Lipinski definition) is 1. The molecule has 1 N–H and O–H groups in total. The topological polar surface area (TPSA) is 75.4 Å². The van der Waals surface area contributed by atoms with Crippen molar-refractivity contribution < 1.29 is 14.0 Å². The summed E-state index contributed by atoms with van der Waals surface area (Å²) in [6.07, 6.45) is 7.29. The van der Waals surface area contributed by atoms with Crippen LogP contribution in [0.4, 0.5) is 0 Å². The first-order valence-corrected chi connectivity index (χ1v) is 11.0. The molecule has 0 fully saturated rings. The summed E-state index contributed by atoms with van der Waals surface area (Å²) in [4.78, 5) is 31.1. The average molecular weight is 414 g/mol. The van der Waals surface area contributed by atoms with Crippen molar-refractivity contribution in [2.24, 2.45) is 0 Å². The molecule has 0 saturated heterocycles. The summed E-state index contributed by atoms with van der Waals surface area (Å²) in [6.45, 7) is 10.1. The van der Waals surface area contributed by atoms with Crippen LogP contribution in [-0.2, 0) is 13.0 Å². The van der Waals surface area contributed by atoms with E-state index >= 15 is 0 Å². The van der Waals surface area contributed by atoms with E-state index in [4.69, 9.17) is 4.42 Å². The number of benzene rings is 1. The van der Waals surface area contributed by atoms with E-state index in [0.717, 1.165) is 6.42 Å². The zero-order valence-corrected chi connectivity index (χ0v) is 18.9. The normalized spacial score (nSPS) is 11.2. The Labute approximate surface area is 180 Å². The van der Waals surface area contributed by atoms with Crippen LogP contribution in [-0.4, -0.2) is 33.8 Å². The summed E-state index contributed by atoms with van der Waals surface area (Å²) in [7, 11) is 0. The summed E-state index contributed by atoms with van der Waals surface area (Å²) in [5.41, 5.74) is 2.12. The number of aryl methyl sites for hydroxylation is 1. The Morgan fingerprint density at radius 3 is 2.37 bits per heavy atom. The molecule has 0 aliphatic carbocycles. The highest BCUT2D eigenvalue weighted by atomic mass is 16.3. The van der Waals surface area contributed by atoms with Gasteiger partial charge in [-0.2, -0.15) is 0 Å². The number of nitrogens with one attached hydrogen (secondary N) is 1. The number of hydrogen-bond acceptors (Lipinski definition) is 4. The van der Waals surface area contributed by atoms with Crippen LogP contribution in [0.5, 0.6) is 0 Å². The molecule has 0 aliphatic rings. The predicted molar refractivity (Wildman–Crippen MR) is 118 cm³/mol. The van der Waals surface area contributed by atoms with Crippen molar-refractivity contribution in [2.45, 2.75) is 85.4 Å². The molecular weight excluding hydrogens is 378 g/mol. The molecule has 164 valence electrons. The summed E-state index contributed by atoms with van der Waals surface area (Å²) < 4.78 is 5.45. The van der Waals surface area contributed by atoms with E-state index in [1.54, 1.807) is 4.90 Å². The maximum atomic E-state index is 13.1. The van der Waals surface area contributed by atoms with E-state index in [1.165, 1.54) is 37.5 Å². The van der Waals surface area contributed by atoms with Crippen molar-refractivity contribution in [1.82, 2.24) is 15.2 Å². The smallest absolute Gasteiger partial charge is 0.273 e. The summed E-state index contributed by atoms with van der Waals surface area (Å²) in [5, 5.41) is 2.78. The molecule has 0 spiro atoms. The Morgan fingerprint density at radius 2 is 1.77 bits per heavy atom. The number of rotatable bonds is 11. The van der Waals surface area contributed by atoms with Gasteiger partial charge in [-0.05, 0) is 58.2 Å². The van der Waals surface area contributed by atoms with E-state index in [2.05, 4.69) is 17.2 Å².